The molecule has 0 saturated carbocycles. The molecule has 12 heteroatoms. The summed E-state index contributed by atoms with van der Waals surface area (Å²) in [4.78, 5) is 22.5. The summed E-state index contributed by atoms with van der Waals surface area (Å²) in [6.45, 7) is 0.0204. The molecule has 0 aliphatic heterocycles. The highest BCUT2D eigenvalue weighted by Gasteiger charge is 2.35. The first-order chi connectivity index (χ1) is 26.3. The van der Waals surface area contributed by atoms with Gasteiger partial charge in [0.15, 0.2) is 0 Å². The molecule has 1 amide bonds. The summed E-state index contributed by atoms with van der Waals surface area (Å²) in [5.41, 5.74) is 2.92. The Labute approximate surface area is 318 Å². The van der Waals surface area contributed by atoms with Crippen molar-refractivity contribution < 1.29 is 35.4 Å². The zero-order valence-electron chi connectivity index (χ0n) is 30.8. The molecule has 0 aliphatic carbocycles. The first-order valence-electron chi connectivity index (χ1n) is 19.0. The van der Waals surface area contributed by atoms with E-state index >= 15 is 0 Å². The number of anilines is 2. The lowest BCUT2D eigenvalue weighted by Crippen LogP contribution is -2.49. The molecular formula is C42H57N5O7. The van der Waals surface area contributed by atoms with Crippen molar-refractivity contribution in [1.29, 1.82) is 0 Å². The van der Waals surface area contributed by atoms with Crippen LogP contribution in [0.2, 0.25) is 0 Å². The van der Waals surface area contributed by atoms with E-state index in [1.165, 1.54) is 0 Å². The number of nitrogens with one attached hydrogen (secondary N) is 3. The lowest BCUT2D eigenvalue weighted by molar-refractivity contribution is -0.116. The predicted octanol–water partition coefficient (Wildman–Crippen LogP) is 4.62. The molecule has 4 aromatic rings. The second kappa shape index (κ2) is 23.5. The van der Waals surface area contributed by atoms with Crippen LogP contribution in [-0.4, -0.2) is 90.6 Å². The smallest absolute Gasteiger partial charge is 0.224 e. The molecular weight excluding hydrogens is 686 g/mol. The summed E-state index contributed by atoms with van der Waals surface area (Å²) in [7, 11) is 0. The Balaban J connectivity index is 1.26. The van der Waals surface area contributed by atoms with Crippen LogP contribution in [0.4, 0.5) is 11.5 Å². The van der Waals surface area contributed by atoms with Gasteiger partial charge in [-0.25, -0.2) is 4.98 Å². The number of carbonyl (C=O) groups excluding carboxylic acids is 1. The van der Waals surface area contributed by atoms with Gasteiger partial charge in [-0.3, -0.25) is 9.78 Å². The van der Waals surface area contributed by atoms with Crippen molar-refractivity contribution in [2.75, 3.05) is 30.3 Å². The molecule has 0 aliphatic rings. The number of aromatic nitrogens is 2. The van der Waals surface area contributed by atoms with E-state index in [0.717, 1.165) is 62.5 Å². The van der Waals surface area contributed by atoms with Crippen LogP contribution in [0.1, 0.15) is 92.7 Å². The largest absolute Gasteiger partial charge is 0.394 e. The monoisotopic (exact) mass is 743 g/mol. The van der Waals surface area contributed by atoms with E-state index in [1.54, 1.807) is 12.4 Å². The van der Waals surface area contributed by atoms with Crippen LogP contribution in [-0.2, 0) is 4.79 Å². The van der Waals surface area contributed by atoms with Crippen LogP contribution < -0.4 is 16.0 Å². The Hall–Kier alpha value is -4.27. The first-order valence-corrected chi connectivity index (χ1v) is 19.0. The van der Waals surface area contributed by atoms with Gasteiger partial charge in [-0.2, -0.15) is 0 Å². The molecule has 7 atom stereocenters. The van der Waals surface area contributed by atoms with E-state index in [2.05, 4.69) is 25.9 Å². The van der Waals surface area contributed by atoms with Gasteiger partial charge in [0.2, 0.25) is 5.91 Å². The number of pyridine rings is 2. The second-order valence-electron chi connectivity index (χ2n) is 13.7. The minimum Gasteiger partial charge on any atom is -0.394 e. The van der Waals surface area contributed by atoms with Crippen molar-refractivity contribution in [3.63, 3.8) is 0 Å². The average Bonchev–Trinajstić information content (AvgIpc) is 3.21. The zero-order valence-corrected chi connectivity index (χ0v) is 30.8. The Bertz CT molecular complexity index is 1600. The van der Waals surface area contributed by atoms with Gasteiger partial charge in [-0.15, -0.1) is 0 Å². The molecule has 0 fully saturated rings. The maximum Gasteiger partial charge on any atom is 0.224 e. The highest BCUT2D eigenvalue weighted by Crippen LogP contribution is 2.43. The number of nitrogens with zero attached hydrogens (tertiary/aromatic N) is 2. The number of carbonyl (C=O) groups is 1. The van der Waals surface area contributed by atoms with Gasteiger partial charge in [0.05, 0.1) is 30.8 Å². The molecule has 0 bridgehead atoms. The van der Waals surface area contributed by atoms with Gasteiger partial charge in [0, 0.05) is 36.7 Å². The van der Waals surface area contributed by atoms with Crippen molar-refractivity contribution in [1.82, 2.24) is 15.3 Å². The Morgan fingerprint density at radius 1 is 0.648 bits per heavy atom. The number of amides is 1. The van der Waals surface area contributed by atoms with Crippen molar-refractivity contribution in [3.8, 4) is 0 Å². The van der Waals surface area contributed by atoms with E-state index in [4.69, 9.17) is 5.11 Å². The first kappa shape index (κ1) is 42.5. The van der Waals surface area contributed by atoms with Crippen LogP contribution in [0.25, 0.3) is 0 Å². The maximum absolute atomic E-state index is 13.3. The zero-order chi connectivity index (χ0) is 38.5. The fourth-order valence-electron chi connectivity index (χ4n) is 6.54. The number of aliphatic hydroxyl groups is 6. The third-order valence-corrected chi connectivity index (χ3v) is 9.59. The number of rotatable bonds is 25. The maximum atomic E-state index is 13.3. The Kier molecular flexibility index (Phi) is 18.5. The molecule has 2 heterocycles. The molecule has 12 nitrogen and oxygen atoms in total. The summed E-state index contributed by atoms with van der Waals surface area (Å²) in [6.07, 6.45) is 4.87. The minimum atomic E-state index is -1.62. The topological polar surface area (TPSA) is 200 Å². The molecule has 9 N–H and O–H groups in total. The van der Waals surface area contributed by atoms with Crippen molar-refractivity contribution in [3.05, 3.63) is 120 Å². The molecule has 292 valence electrons. The van der Waals surface area contributed by atoms with Crippen LogP contribution in [0, 0.1) is 0 Å². The number of unbranched alkanes of at least 4 members (excludes halogenated alkanes) is 7. The van der Waals surface area contributed by atoms with Gasteiger partial charge in [-0.1, -0.05) is 99.2 Å². The molecule has 0 radical (unpaired) electrons. The van der Waals surface area contributed by atoms with Gasteiger partial charge < -0.3 is 46.6 Å². The third kappa shape index (κ3) is 13.5. The highest BCUT2D eigenvalue weighted by atomic mass is 16.4. The fraction of sp³-hybridized carbons (Fsp3) is 0.452. The summed E-state index contributed by atoms with van der Waals surface area (Å²) < 4.78 is 0. The van der Waals surface area contributed by atoms with Crippen molar-refractivity contribution in [2.45, 2.75) is 100 Å². The highest BCUT2D eigenvalue weighted by molar-refractivity contribution is 5.91. The second-order valence-corrected chi connectivity index (χ2v) is 13.7. The van der Waals surface area contributed by atoms with E-state index in [-0.39, 0.29) is 12.5 Å². The molecule has 0 saturated heterocycles. The summed E-state index contributed by atoms with van der Waals surface area (Å²) in [5.74, 6) is 0.0267. The van der Waals surface area contributed by atoms with Crippen LogP contribution >= 0.6 is 0 Å². The number of hydrogen-bond acceptors (Lipinski definition) is 11. The minimum absolute atomic E-state index is 0.0683. The third-order valence-electron chi connectivity index (χ3n) is 9.59. The van der Waals surface area contributed by atoms with Gasteiger partial charge in [-0.05, 0) is 60.8 Å². The van der Waals surface area contributed by atoms with Crippen molar-refractivity contribution >= 4 is 17.4 Å². The molecule has 0 spiro atoms. The van der Waals surface area contributed by atoms with Gasteiger partial charge >= 0.3 is 0 Å². The lowest BCUT2D eigenvalue weighted by Gasteiger charge is -2.33. The lowest BCUT2D eigenvalue weighted by atomic mass is 9.82. The summed E-state index contributed by atoms with van der Waals surface area (Å²) in [5, 5.41) is 69.5. The molecule has 7 unspecified atom stereocenters. The van der Waals surface area contributed by atoms with Gasteiger partial charge in [0.25, 0.3) is 0 Å². The molecule has 4 rings (SSSR count). The van der Waals surface area contributed by atoms with E-state index < -0.39 is 49.1 Å². The standard InChI is InChI=1S/C42H57N5O7/c48-29-35(50)42(54)41(53)34(49)28-43-25-15-6-4-2-1-3-5-10-24-37(51)46-32-21-12-11-20-31(32)39(47-36-23-14-17-27-45-36)38(33-22-13-16-26-44-33)40(52)30-18-8-7-9-19-30/h7-9,11-14,16-23,26-27,34-35,38-43,48-50,52-54H,1-6,10,15,24-25,28-29H2,(H,45,47)(H,46,51). The van der Waals surface area contributed by atoms with E-state index in [9.17, 15) is 30.3 Å². The average molecular weight is 744 g/mol. The van der Waals surface area contributed by atoms with E-state index in [0.29, 0.717) is 30.2 Å². The fourth-order valence-corrected chi connectivity index (χ4v) is 6.54. The van der Waals surface area contributed by atoms with Crippen LogP contribution in [0.3, 0.4) is 0 Å². The number of para-hydroxylation sites is 1. The SMILES string of the molecule is O=C(CCCCCCCCCCNCC(O)C(O)C(O)C(O)CO)Nc1ccccc1C(Nc1ccccn1)C(c1ccccn1)C(O)c1ccccc1. The molecule has 2 aromatic heterocycles. The van der Waals surface area contributed by atoms with Crippen LogP contribution in [0.5, 0.6) is 0 Å². The van der Waals surface area contributed by atoms with Crippen LogP contribution in [0.15, 0.2) is 103 Å². The Morgan fingerprint density at radius 2 is 1.26 bits per heavy atom. The number of aliphatic hydroxyl groups excluding tert-OH is 6. The summed E-state index contributed by atoms with van der Waals surface area (Å²) in [6, 6.07) is 28.0. The predicted molar refractivity (Wildman–Crippen MR) is 210 cm³/mol. The van der Waals surface area contributed by atoms with Gasteiger partial charge in [0.1, 0.15) is 24.1 Å². The molecule has 54 heavy (non-hydrogen) atoms. The number of benzene rings is 2. The normalized spacial score (nSPS) is 15.4. The quantitative estimate of drug-likeness (QED) is 0.0429. The number of hydrogen-bond donors (Lipinski definition) is 9. The molecule has 2 aromatic carbocycles. The van der Waals surface area contributed by atoms with E-state index in [1.807, 2.05) is 91.0 Å². The summed E-state index contributed by atoms with van der Waals surface area (Å²) >= 11 is 0. The van der Waals surface area contributed by atoms with Crippen molar-refractivity contribution in [2.24, 2.45) is 0 Å². The Morgan fingerprint density at radius 3 is 1.93 bits per heavy atom.